The zero-order valence-electron chi connectivity index (χ0n) is 17.1. The van der Waals surface area contributed by atoms with Crippen LogP contribution in [0.2, 0.25) is 0 Å². The van der Waals surface area contributed by atoms with Crippen molar-refractivity contribution in [2.24, 2.45) is 5.92 Å². The second-order valence-corrected chi connectivity index (χ2v) is 9.42. The molecule has 1 fully saturated rings. The molecule has 0 spiro atoms. The van der Waals surface area contributed by atoms with Gasteiger partial charge in [0.25, 0.3) is 11.5 Å². The van der Waals surface area contributed by atoms with Crippen LogP contribution in [0.1, 0.15) is 35.8 Å². The molecule has 0 saturated carbocycles. The summed E-state index contributed by atoms with van der Waals surface area (Å²) in [4.78, 5) is 32.8. The smallest absolute Gasteiger partial charge is 0.274 e. The van der Waals surface area contributed by atoms with Crippen LogP contribution in [0, 0.1) is 5.92 Å². The van der Waals surface area contributed by atoms with E-state index in [0.717, 1.165) is 36.6 Å². The Balaban J connectivity index is 1.49. The molecule has 3 aromatic rings. The highest BCUT2D eigenvalue weighted by atomic mass is 32.2. The molecule has 1 aliphatic rings. The molecule has 1 N–H and O–H groups in total. The topological polar surface area (TPSA) is 79.6 Å². The van der Waals surface area contributed by atoms with Crippen molar-refractivity contribution in [3.05, 3.63) is 51.9 Å². The number of aromatic nitrogens is 3. The van der Waals surface area contributed by atoms with E-state index >= 15 is 0 Å². The van der Waals surface area contributed by atoms with Crippen LogP contribution in [0.5, 0.6) is 0 Å². The Labute approximate surface area is 183 Å². The Kier molecular flexibility index (Phi) is 6.38. The van der Waals surface area contributed by atoms with Crippen molar-refractivity contribution in [1.82, 2.24) is 19.9 Å². The predicted octanol–water partition coefficient (Wildman–Crippen LogP) is 3.08. The van der Waals surface area contributed by atoms with Crippen molar-refractivity contribution in [2.75, 3.05) is 30.8 Å². The van der Waals surface area contributed by atoms with Crippen molar-refractivity contribution in [3.8, 4) is 0 Å². The Bertz CT molecular complexity index is 1090. The number of anilines is 1. The summed E-state index contributed by atoms with van der Waals surface area (Å²) in [6.07, 6.45) is 5.10. The van der Waals surface area contributed by atoms with E-state index in [0.29, 0.717) is 17.4 Å². The first-order chi connectivity index (χ1) is 14.5. The second-order valence-electron chi connectivity index (χ2n) is 7.61. The van der Waals surface area contributed by atoms with Gasteiger partial charge in [0, 0.05) is 30.6 Å². The molecule has 4 rings (SSSR count). The minimum Gasteiger partial charge on any atom is -0.350 e. The average Bonchev–Trinajstić information content (AvgIpc) is 3.17. The standard InChI is InChI=1S/C21H25N5O2S2/c1-14-4-3-11-25(13-14)21-24-26-17(12-18(27)23-20(26)30-21)19(28)22-10-9-15-5-7-16(29-2)8-6-15/h5-8,12,14H,3-4,9-11,13H2,1-2H3,(H,22,28)/t14-/m1/s1. The van der Waals surface area contributed by atoms with E-state index < -0.39 is 5.56 Å². The Hall–Kier alpha value is -2.39. The zero-order valence-corrected chi connectivity index (χ0v) is 18.8. The number of nitrogens with zero attached hydrogens (tertiary/aromatic N) is 4. The average molecular weight is 444 g/mol. The number of hydrogen-bond donors (Lipinski definition) is 1. The minimum absolute atomic E-state index is 0.232. The van der Waals surface area contributed by atoms with Crippen LogP contribution in [0.3, 0.4) is 0 Å². The number of benzene rings is 1. The number of thioether (sulfide) groups is 1. The summed E-state index contributed by atoms with van der Waals surface area (Å²) in [7, 11) is 0. The normalized spacial score (nSPS) is 16.7. The van der Waals surface area contributed by atoms with E-state index in [2.05, 4.69) is 51.5 Å². The minimum atomic E-state index is -0.421. The van der Waals surface area contributed by atoms with Gasteiger partial charge in [-0.15, -0.1) is 16.9 Å². The molecule has 1 aromatic carbocycles. The number of amides is 1. The molecule has 9 heteroatoms. The highest BCUT2D eigenvalue weighted by Crippen LogP contribution is 2.27. The number of carbonyl (C=O) groups excluding carboxylic acids is 1. The molecule has 158 valence electrons. The summed E-state index contributed by atoms with van der Waals surface area (Å²) in [5.41, 5.74) is 0.964. The first-order valence-corrected chi connectivity index (χ1v) is 12.1. The molecule has 2 aromatic heterocycles. The van der Waals surface area contributed by atoms with Crippen molar-refractivity contribution in [2.45, 2.75) is 31.1 Å². The van der Waals surface area contributed by atoms with Gasteiger partial charge < -0.3 is 10.2 Å². The van der Waals surface area contributed by atoms with Gasteiger partial charge in [0.05, 0.1) is 0 Å². The van der Waals surface area contributed by atoms with Gasteiger partial charge in [-0.3, -0.25) is 9.59 Å². The van der Waals surface area contributed by atoms with Gasteiger partial charge in [-0.05, 0) is 49.1 Å². The largest absolute Gasteiger partial charge is 0.350 e. The zero-order chi connectivity index (χ0) is 21.1. The number of carbonyl (C=O) groups is 1. The Morgan fingerprint density at radius 1 is 1.33 bits per heavy atom. The van der Waals surface area contributed by atoms with Crippen LogP contribution in [-0.2, 0) is 6.42 Å². The third kappa shape index (κ3) is 4.67. The molecule has 1 saturated heterocycles. The molecule has 3 heterocycles. The lowest BCUT2D eigenvalue weighted by Gasteiger charge is -2.30. The number of rotatable bonds is 6. The SMILES string of the molecule is CSc1ccc(CCNC(=O)c2cc(=O)nc3sc(N4CCC[C@@H](C)C4)nn23)cc1. The van der Waals surface area contributed by atoms with E-state index in [1.807, 2.05) is 6.26 Å². The van der Waals surface area contributed by atoms with E-state index in [1.54, 1.807) is 11.8 Å². The van der Waals surface area contributed by atoms with Crippen LogP contribution in [-0.4, -0.2) is 46.4 Å². The number of hydrogen-bond acceptors (Lipinski definition) is 7. The second kappa shape index (κ2) is 9.18. The Morgan fingerprint density at radius 3 is 2.87 bits per heavy atom. The molecule has 0 aliphatic carbocycles. The van der Waals surface area contributed by atoms with Crippen LogP contribution >= 0.6 is 23.1 Å². The third-order valence-electron chi connectivity index (χ3n) is 5.26. The van der Waals surface area contributed by atoms with Gasteiger partial charge in [-0.1, -0.05) is 30.4 Å². The Morgan fingerprint density at radius 2 is 2.13 bits per heavy atom. The van der Waals surface area contributed by atoms with Gasteiger partial charge in [0.2, 0.25) is 10.1 Å². The fourth-order valence-electron chi connectivity index (χ4n) is 3.66. The molecular weight excluding hydrogens is 418 g/mol. The molecule has 7 nitrogen and oxygen atoms in total. The summed E-state index contributed by atoms with van der Waals surface area (Å²) in [5, 5.41) is 8.33. The van der Waals surface area contributed by atoms with Gasteiger partial charge in [0.15, 0.2) is 0 Å². The molecule has 0 radical (unpaired) electrons. The van der Waals surface area contributed by atoms with Crippen LogP contribution in [0.25, 0.3) is 4.96 Å². The lowest BCUT2D eigenvalue weighted by molar-refractivity contribution is 0.0946. The molecule has 0 bridgehead atoms. The van der Waals surface area contributed by atoms with Crippen molar-refractivity contribution < 1.29 is 4.79 Å². The quantitative estimate of drug-likeness (QED) is 0.590. The maximum Gasteiger partial charge on any atom is 0.274 e. The number of fused-ring (bicyclic) bond motifs is 1. The van der Waals surface area contributed by atoms with Crippen molar-refractivity contribution >= 4 is 39.1 Å². The monoisotopic (exact) mass is 443 g/mol. The molecule has 1 aliphatic heterocycles. The van der Waals surface area contributed by atoms with Crippen LogP contribution in [0.15, 0.2) is 40.0 Å². The molecular formula is C21H25N5O2S2. The third-order valence-corrected chi connectivity index (χ3v) is 6.97. The van der Waals surface area contributed by atoms with Gasteiger partial charge in [-0.25, -0.2) is 0 Å². The maximum atomic E-state index is 12.8. The maximum absolute atomic E-state index is 12.8. The summed E-state index contributed by atoms with van der Waals surface area (Å²) in [5.74, 6) is 0.292. The molecule has 1 atom stereocenters. The molecule has 30 heavy (non-hydrogen) atoms. The number of piperidine rings is 1. The predicted molar refractivity (Wildman–Crippen MR) is 122 cm³/mol. The molecule has 1 amide bonds. The summed E-state index contributed by atoms with van der Waals surface area (Å²) in [6, 6.07) is 9.55. The summed E-state index contributed by atoms with van der Waals surface area (Å²) in [6.45, 7) is 4.58. The fourth-order valence-corrected chi connectivity index (χ4v) is 5.01. The van der Waals surface area contributed by atoms with Crippen molar-refractivity contribution in [1.29, 1.82) is 0 Å². The number of nitrogens with one attached hydrogen (secondary N) is 1. The van der Waals surface area contributed by atoms with Gasteiger partial charge >= 0.3 is 0 Å². The lowest BCUT2D eigenvalue weighted by Crippen LogP contribution is -2.34. The van der Waals surface area contributed by atoms with Crippen LogP contribution in [0.4, 0.5) is 5.13 Å². The van der Waals surface area contributed by atoms with E-state index in [1.165, 1.54) is 33.2 Å². The van der Waals surface area contributed by atoms with E-state index in [-0.39, 0.29) is 11.6 Å². The first-order valence-electron chi connectivity index (χ1n) is 10.1. The van der Waals surface area contributed by atoms with Crippen LogP contribution < -0.4 is 15.8 Å². The first kappa shape index (κ1) is 20.9. The van der Waals surface area contributed by atoms with Crippen molar-refractivity contribution in [3.63, 3.8) is 0 Å². The van der Waals surface area contributed by atoms with Gasteiger partial charge in [-0.2, -0.15) is 9.50 Å². The van der Waals surface area contributed by atoms with E-state index in [9.17, 15) is 9.59 Å². The summed E-state index contributed by atoms with van der Waals surface area (Å²) < 4.78 is 1.50. The lowest BCUT2D eigenvalue weighted by atomic mass is 10.0. The summed E-state index contributed by atoms with van der Waals surface area (Å²) >= 11 is 3.06. The highest BCUT2D eigenvalue weighted by molar-refractivity contribution is 7.98. The van der Waals surface area contributed by atoms with E-state index in [4.69, 9.17) is 0 Å². The highest BCUT2D eigenvalue weighted by Gasteiger charge is 2.22. The molecule has 0 unspecified atom stereocenters. The van der Waals surface area contributed by atoms with Gasteiger partial charge in [0.1, 0.15) is 5.69 Å². The fraction of sp³-hybridized carbons (Fsp3) is 0.429.